The van der Waals surface area contributed by atoms with E-state index in [4.69, 9.17) is 0 Å². The molecule has 4 rings (SSSR count). The van der Waals surface area contributed by atoms with Crippen molar-refractivity contribution in [1.29, 1.82) is 0 Å². The maximum atomic E-state index is 9.32. The van der Waals surface area contributed by atoms with Crippen LogP contribution in [0.5, 0.6) is 0 Å². The van der Waals surface area contributed by atoms with Gasteiger partial charge in [-0.05, 0) is 45.5 Å². The van der Waals surface area contributed by atoms with E-state index in [1.54, 1.807) is 0 Å². The normalized spacial score (nSPS) is 18.0. The van der Waals surface area contributed by atoms with Crippen LogP contribution >= 0.6 is 15.9 Å². The van der Waals surface area contributed by atoms with E-state index in [2.05, 4.69) is 44.2 Å². The predicted octanol–water partition coefficient (Wildman–Crippen LogP) is 6.03. The van der Waals surface area contributed by atoms with Crippen molar-refractivity contribution in [2.75, 3.05) is 0 Å². The molecule has 23 heavy (non-hydrogen) atoms. The van der Waals surface area contributed by atoms with E-state index >= 15 is 0 Å². The van der Waals surface area contributed by atoms with E-state index in [0.717, 1.165) is 32.3 Å². The molecule has 0 aliphatic heterocycles. The molecule has 0 spiro atoms. The van der Waals surface area contributed by atoms with Crippen molar-refractivity contribution in [3.05, 3.63) is 104 Å². The zero-order chi connectivity index (χ0) is 15.9. The van der Waals surface area contributed by atoms with E-state index < -0.39 is 5.54 Å². The third-order valence-electron chi connectivity index (χ3n) is 4.36. The van der Waals surface area contributed by atoms with Gasteiger partial charge in [0.05, 0.1) is 0 Å². The molecule has 0 saturated heterocycles. The quantitative estimate of drug-likeness (QED) is 0.304. The lowest BCUT2D eigenvalue weighted by molar-refractivity contribution is 0.665. The molecule has 1 unspecified atom stereocenters. The summed E-state index contributed by atoms with van der Waals surface area (Å²) in [5.74, 6) is 0. The highest BCUT2D eigenvalue weighted by Gasteiger charge is 2.44. The summed E-state index contributed by atoms with van der Waals surface area (Å²) in [4.78, 5) is 3.20. The van der Waals surface area contributed by atoms with Gasteiger partial charge in [0.1, 0.15) is 5.54 Å². The van der Waals surface area contributed by atoms with Gasteiger partial charge in [0, 0.05) is 9.38 Å². The average Bonchev–Trinajstić information content (AvgIpc) is 2.87. The van der Waals surface area contributed by atoms with Crippen LogP contribution in [0.4, 0.5) is 0 Å². The first-order chi connectivity index (χ1) is 11.3. The van der Waals surface area contributed by atoms with Gasteiger partial charge >= 0.3 is 0 Å². The van der Waals surface area contributed by atoms with Crippen molar-refractivity contribution in [2.45, 2.75) is 5.54 Å². The minimum absolute atomic E-state index is 0.828. The van der Waals surface area contributed by atoms with Gasteiger partial charge in [-0.15, -0.1) is 0 Å². The van der Waals surface area contributed by atoms with Gasteiger partial charge in [0.2, 0.25) is 0 Å². The van der Waals surface area contributed by atoms with Crippen LogP contribution in [0.2, 0.25) is 0 Å². The van der Waals surface area contributed by atoms with Gasteiger partial charge in [-0.25, -0.2) is 0 Å². The van der Waals surface area contributed by atoms with E-state index in [-0.39, 0.29) is 0 Å². The van der Waals surface area contributed by atoms with Crippen molar-refractivity contribution in [3.8, 4) is 11.1 Å². The summed E-state index contributed by atoms with van der Waals surface area (Å²) in [6, 6.07) is 24.2. The summed E-state index contributed by atoms with van der Waals surface area (Å²) < 4.78 is 0.970. The van der Waals surface area contributed by atoms with Gasteiger partial charge in [-0.3, -0.25) is 0 Å². The molecule has 0 N–H and O–H groups in total. The van der Waals surface area contributed by atoms with Gasteiger partial charge < -0.3 is 0 Å². The van der Waals surface area contributed by atoms with Crippen LogP contribution in [-0.2, 0) is 5.54 Å². The number of rotatable bonds is 2. The Morgan fingerprint density at radius 1 is 0.826 bits per heavy atom. The SMILES string of the molecule is [N-]=[N+]=NC1(c2ccccc2)c2ccccc2-c2ccc(Br)cc21. The molecule has 0 bridgehead atoms. The molecule has 0 saturated carbocycles. The standard InChI is InChI=1S/C19H12BrN3/c20-14-10-11-16-15-8-4-5-9-17(15)19(22-23-21,18(16)12-14)13-6-2-1-3-7-13/h1-12H. The summed E-state index contributed by atoms with van der Waals surface area (Å²) in [5.41, 5.74) is 13.7. The summed E-state index contributed by atoms with van der Waals surface area (Å²) >= 11 is 3.55. The van der Waals surface area contributed by atoms with Crippen molar-refractivity contribution < 1.29 is 0 Å². The highest BCUT2D eigenvalue weighted by Crippen LogP contribution is 2.53. The van der Waals surface area contributed by atoms with Crippen LogP contribution < -0.4 is 0 Å². The van der Waals surface area contributed by atoms with Gasteiger partial charge in [0.15, 0.2) is 0 Å². The molecule has 0 radical (unpaired) electrons. The van der Waals surface area contributed by atoms with Crippen molar-refractivity contribution in [1.82, 2.24) is 0 Å². The van der Waals surface area contributed by atoms with Crippen LogP contribution in [0.3, 0.4) is 0 Å². The molecule has 0 amide bonds. The Bertz CT molecular complexity index is 946. The molecular formula is C19H12BrN3. The zero-order valence-electron chi connectivity index (χ0n) is 12.1. The molecule has 3 aromatic carbocycles. The van der Waals surface area contributed by atoms with Crippen LogP contribution in [0.15, 0.2) is 82.4 Å². The molecule has 3 nitrogen and oxygen atoms in total. The first-order valence-electron chi connectivity index (χ1n) is 7.29. The molecular weight excluding hydrogens is 350 g/mol. The fourth-order valence-electron chi connectivity index (χ4n) is 3.45. The third kappa shape index (κ3) is 1.93. The fraction of sp³-hybridized carbons (Fsp3) is 0.0526. The highest BCUT2D eigenvalue weighted by atomic mass is 79.9. The van der Waals surface area contributed by atoms with E-state index in [9.17, 15) is 5.53 Å². The number of benzene rings is 3. The molecule has 3 aromatic rings. The van der Waals surface area contributed by atoms with Crippen LogP contribution in [-0.4, -0.2) is 0 Å². The highest BCUT2D eigenvalue weighted by molar-refractivity contribution is 9.10. The maximum Gasteiger partial charge on any atom is 0.125 e. The number of nitrogens with zero attached hydrogens (tertiary/aromatic N) is 3. The summed E-state index contributed by atoms with van der Waals surface area (Å²) in [6.07, 6.45) is 0. The van der Waals surface area contributed by atoms with Gasteiger partial charge in [-0.1, -0.05) is 81.7 Å². The lowest BCUT2D eigenvalue weighted by atomic mass is 9.81. The maximum absolute atomic E-state index is 9.32. The predicted molar refractivity (Wildman–Crippen MR) is 95.0 cm³/mol. The Hall–Kier alpha value is -2.55. The zero-order valence-corrected chi connectivity index (χ0v) is 13.7. The van der Waals surface area contributed by atoms with Gasteiger partial charge in [0.25, 0.3) is 0 Å². The second-order valence-corrected chi connectivity index (χ2v) is 6.42. The van der Waals surface area contributed by atoms with Crippen molar-refractivity contribution in [3.63, 3.8) is 0 Å². The van der Waals surface area contributed by atoms with Crippen molar-refractivity contribution >= 4 is 15.9 Å². The van der Waals surface area contributed by atoms with Crippen LogP contribution in [0.25, 0.3) is 21.6 Å². The molecule has 0 heterocycles. The minimum Gasteiger partial charge on any atom is -0.0730 e. The molecule has 1 atom stereocenters. The Morgan fingerprint density at radius 2 is 1.52 bits per heavy atom. The van der Waals surface area contributed by atoms with E-state index in [1.165, 1.54) is 0 Å². The first kappa shape index (κ1) is 14.1. The molecule has 1 aliphatic rings. The first-order valence-corrected chi connectivity index (χ1v) is 8.08. The number of halogens is 1. The molecule has 0 aromatic heterocycles. The topological polar surface area (TPSA) is 48.8 Å². The molecule has 1 aliphatic carbocycles. The minimum atomic E-state index is -0.828. The van der Waals surface area contributed by atoms with E-state index in [0.29, 0.717) is 0 Å². The molecule has 0 fully saturated rings. The largest absolute Gasteiger partial charge is 0.125 e. The van der Waals surface area contributed by atoms with E-state index in [1.807, 2.05) is 54.6 Å². The lowest BCUT2D eigenvalue weighted by Gasteiger charge is -2.27. The summed E-state index contributed by atoms with van der Waals surface area (Å²) in [7, 11) is 0. The van der Waals surface area contributed by atoms with Crippen LogP contribution in [0, 0.1) is 0 Å². The smallest absolute Gasteiger partial charge is 0.0730 e. The Morgan fingerprint density at radius 3 is 2.30 bits per heavy atom. The Kier molecular flexibility index (Phi) is 3.22. The number of hydrogen-bond acceptors (Lipinski definition) is 1. The number of fused-ring (bicyclic) bond motifs is 3. The molecule has 110 valence electrons. The monoisotopic (exact) mass is 361 g/mol. The Labute approximate surface area is 142 Å². The lowest BCUT2D eigenvalue weighted by Crippen LogP contribution is -2.23. The second-order valence-electron chi connectivity index (χ2n) is 5.50. The fourth-order valence-corrected chi connectivity index (χ4v) is 3.81. The summed E-state index contributed by atoms with van der Waals surface area (Å²) in [5, 5.41) is 4.31. The van der Waals surface area contributed by atoms with Gasteiger partial charge in [-0.2, -0.15) is 0 Å². The average molecular weight is 362 g/mol. The number of azide groups is 1. The third-order valence-corrected chi connectivity index (χ3v) is 4.86. The number of hydrogen-bond donors (Lipinski definition) is 0. The van der Waals surface area contributed by atoms with Crippen LogP contribution in [0.1, 0.15) is 16.7 Å². The summed E-state index contributed by atoms with van der Waals surface area (Å²) in [6.45, 7) is 0. The second kappa shape index (κ2) is 5.27. The molecule has 4 heteroatoms. The van der Waals surface area contributed by atoms with Crippen molar-refractivity contribution in [2.24, 2.45) is 5.11 Å². The Balaban J connectivity index is 2.18.